The maximum atomic E-state index is 11.5. The number of carbonyl (C=O) groups excluding carboxylic acids is 2. The van der Waals surface area contributed by atoms with Crippen LogP contribution in [0, 0.1) is 0 Å². The van der Waals surface area contributed by atoms with E-state index in [4.69, 9.17) is 9.47 Å². The highest BCUT2D eigenvalue weighted by atomic mass is 16.5. The van der Waals surface area contributed by atoms with Gasteiger partial charge in [-0.3, -0.25) is 14.9 Å². The molecule has 1 aromatic carbocycles. The summed E-state index contributed by atoms with van der Waals surface area (Å²) in [5.74, 6) is 0.220. The molecule has 0 aromatic heterocycles. The first-order valence-electron chi connectivity index (χ1n) is 5.21. The predicted octanol–water partition coefficient (Wildman–Crippen LogP) is 0.834. The molecule has 1 N–H and O–H groups in total. The van der Waals surface area contributed by atoms with Crippen LogP contribution < -0.4 is 14.8 Å². The van der Waals surface area contributed by atoms with Crippen LogP contribution in [-0.4, -0.2) is 26.0 Å². The molecule has 1 aliphatic rings. The average molecular weight is 235 g/mol. The summed E-state index contributed by atoms with van der Waals surface area (Å²) in [7, 11) is 3.07. The van der Waals surface area contributed by atoms with Crippen LogP contribution in [-0.2, 0) is 9.59 Å². The van der Waals surface area contributed by atoms with Crippen LogP contribution >= 0.6 is 0 Å². The molecule has 1 heterocycles. The normalized spacial score (nSPS) is 19.1. The topological polar surface area (TPSA) is 64.6 Å². The predicted molar refractivity (Wildman–Crippen MR) is 60.1 cm³/mol. The van der Waals surface area contributed by atoms with Crippen molar-refractivity contribution in [3.8, 4) is 11.5 Å². The lowest BCUT2D eigenvalue weighted by molar-refractivity contribution is -0.125. The molecule has 1 atom stereocenters. The van der Waals surface area contributed by atoms with Crippen molar-refractivity contribution in [2.24, 2.45) is 0 Å². The number of carbonyl (C=O) groups is 2. The molecule has 2 rings (SSSR count). The van der Waals surface area contributed by atoms with E-state index in [-0.39, 0.29) is 18.2 Å². The van der Waals surface area contributed by atoms with Gasteiger partial charge in [-0.15, -0.1) is 0 Å². The third-order valence-electron chi connectivity index (χ3n) is 2.78. The second kappa shape index (κ2) is 4.45. The van der Waals surface area contributed by atoms with Crippen LogP contribution in [0.1, 0.15) is 17.9 Å². The number of hydrogen-bond donors (Lipinski definition) is 1. The van der Waals surface area contributed by atoms with E-state index < -0.39 is 5.92 Å². The molecule has 5 nitrogen and oxygen atoms in total. The lowest BCUT2D eigenvalue weighted by atomic mass is 9.97. The molecule has 0 bridgehead atoms. The summed E-state index contributed by atoms with van der Waals surface area (Å²) in [5, 5.41) is 2.28. The Hall–Kier alpha value is -2.04. The molecule has 0 radical (unpaired) electrons. The minimum absolute atomic E-state index is 0.189. The summed E-state index contributed by atoms with van der Waals surface area (Å²) in [5.41, 5.74) is 0.756. The molecule has 0 aliphatic carbocycles. The van der Waals surface area contributed by atoms with Crippen molar-refractivity contribution in [1.82, 2.24) is 5.32 Å². The SMILES string of the molecule is COc1ccc(C2CC(=O)NC2=O)cc1OC. The number of ether oxygens (including phenoxy) is 2. The molecule has 0 spiro atoms. The van der Waals surface area contributed by atoms with Crippen molar-refractivity contribution in [3.05, 3.63) is 23.8 Å². The van der Waals surface area contributed by atoms with E-state index in [0.717, 1.165) is 5.56 Å². The Morgan fingerprint density at radius 1 is 1.18 bits per heavy atom. The molecule has 1 fully saturated rings. The molecular weight excluding hydrogens is 222 g/mol. The van der Waals surface area contributed by atoms with Crippen LogP contribution in [0.2, 0.25) is 0 Å². The first kappa shape index (κ1) is 11.4. The van der Waals surface area contributed by atoms with E-state index in [1.165, 1.54) is 7.11 Å². The molecule has 1 aliphatic heterocycles. The van der Waals surface area contributed by atoms with Crippen molar-refractivity contribution in [3.63, 3.8) is 0 Å². The largest absolute Gasteiger partial charge is 0.493 e. The molecular formula is C12H13NO4. The summed E-state index contributed by atoms with van der Waals surface area (Å²) >= 11 is 0. The van der Waals surface area contributed by atoms with Gasteiger partial charge in [0.1, 0.15) is 0 Å². The fraction of sp³-hybridized carbons (Fsp3) is 0.333. The Morgan fingerprint density at radius 3 is 2.41 bits per heavy atom. The van der Waals surface area contributed by atoms with Crippen molar-refractivity contribution in [2.75, 3.05) is 14.2 Å². The van der Waals surface area contributed by atoms with Crippen molar-refractivity contribution in [2.45, 2.75) is 12.3 Å². The average Bonchev–Trinajstić information content (AvgIpc) is 2.67. The minimum atomic E-state index is -0.428. The van der Waals surface area contributed by atoms with E-state index in [2.05, 4.69) is 5.32 Å². The van der Waals surface area contributed by atoms with E-state index >= 15 is 0 Å². The van der Waals surface area contributed by atoms with Crippen LogP contribution in [0.4, 0.5) is 0 Å². The quantitative estimate of drug-likeness (QED) is 0.788. The van der Waals surface area contributed by atoms with Gasteiger partial charge < -0.3 is 9.47 Å². The van der Waals surface area contributed by atoms with Crippen LogP contribution in [0.5, 0.6) is 11.5 Å². The van der Waals surface area contributed by atoms with Crippen molar-refractivity contribution < 1.29 is 19.1 Å². The number of hydrogen-bond acceptors (Lipinski definition) is 4. The van der Waals surface area contributed by atoms with E-state index in [1.807, 2.05) is 0 Å². The summed E-state index contributed by atoms with van der Waals surface area (Å²) in [6, 6.07) is 5.22. The van der Waals surface area contributed by atoms with Gasteiger partial charge in [-0.1, -0.05) is 6.07 Å². The maximum absolute atomic E-state index is 11.5. The zero-order valence-electron chi connectivity index (χ0n) is 9.65. The molecule has 90 valence electrons. The fourth-order valence-corrected chi connectivity index (χ4v) is 1.89. The summed E-state index contributed by atoms with van der Waals surface area (Å²) in [4.78, 5) is 22.7. The Morgan fingerprint density at radius 2 is 1.88 bits per heavy atom. The third kappa shape index (κ3) is 2.08. The van der Waals surface area contributed by atoms with Gasteiger partial charge in [-0.05, 0) is 17.7 Å². The molecule has 5 heteroatoms. The van der Waals surface area contributed by atoms with Gasteiger partial charge in [0.25, 0.3) is 0 Å². The van der Waals surface area contributed by atoms with E-state index in [1.54, 1.807) is 25.3 Å². The molecule has 1 saturated heterocycles. The second-order valence-corrected chi connectivity index (χ2v) is 3.78. The minimum Gasteiger partial charge on any atom is -0.493 e. The highest BCUT2D eigenvalue weighted by Gasteiger charge is 2.32. The number of imide groups is 1. The Balaban J connectivity index is 2.33. The Kier molecular flexibility index (Phi) is 2.99. The first-order valence-corrected chi connectivity index (χ1v) is 5.21. The van der Waals surface area contributed by atoms with Gasteiger partial charge in [-0.2, -0.15) is 0 Å². The zero-order chi connectivity index (χ0) is 12.4. The maximum Gasteiger partial charge on any atom is 0.234 e. The van der Waals surface area contributed by atoms with E-state index in [0.29, 0.717) is 11.5 Å². The smallest absolute Gasteiger partial charge is 0.234 e. The number of nitrogens with one attached hydrogen (secondary N) is 1. The van der Waals surface area contributed by atoms with Crippen molar-refractivity contribution >= 4 is 11.8 Å². The Bertz CT molecular complexity index is 470. The summed E-state index contributed by atoms with van der Waals surface area (Å²) < 4.78 is 10.3. The van der Waals surface area contributed by atoms with E-state index in [9.17, 15) is 9.59 Å². The monoisotopic (exact) mass is 235 g/mol. The number of rotatable bonds is 3. The molecule has 0 saturated carbocycles. The van der Waals surface area contributed by atoms with Crippen LogP contribution in [0.15, 0.2) is 18.2 Å². The highest BCUT2D eigenvalue weighted by molar-refractivity contribution is 6.06. The summed E-state index contributed by atoms with van der Waals surface area (Å²) in [6.07, 6.45) is 0.189. The van der Waals surface area contributed by atoms with Gasteiger partial charge >= 0.3 is 0 Å². The molecule has 17 heavy (non-hydrogen) atoms. The lowest BCUT2D eigenvalue weighted by Crippen LogP contribution is -2.21. The second-order valence-electron chi connectivity index (χ2n) is 3.78. The van der Waals surface area contributed by atoms with Crippen molar-refractivity contribution in [1.29, 1.82) is 0 Å². The summed E-state index contributed by atoms with van der Waals surface area (Å²) in [6.45, 7) is 0. The zero-order valence-corrected chi connectivity index (χ0v) is 9.65. The molecule has 2 amide bonds. The number of benzene rings is 1. The molecule has 1 aromatic rings. The Labute approximate surface area is 98.7 Å². The number of methoxy groups -OCH3 is 2. The first-order chi connectivity index (χ1) is 8.15. The molecule has 1 unspecified atom stereocenters. The third-order valence-corrected chi connectivity index (χ3v) is 2.78. The van der Waals surface area contributed by atoms with Gasteiger partial charge in [0.2, 0.25) is 11.8 Å². The standard InChI is InChI=1S/C12H13NO4/c1-16-9-4-3-7(5-10(9)17-2)8-6-11(14)13-12(8)15/h3-5,8H,6H2,1-2H3,(H,13,14,15). The van der Waals surface area contributed by atoms with Gasteiger partial charge in [0.05, 0.1) is 20.1 Å². The fourth-order valence-electron chi connectivity index (χ4n) is 1.89. The van der Waals surface area contributed by atoms with Gasteiger partial charge in [0.15, 0.2) is 11.5 Å². The highest BCUT2D eigenvalue weighted by Crippen LogP contribution is 2.33. The van der Waals surface area contributed by atoms with Crippen LogP contribution in [0.3, 0.4) is 0 Å². The number of amides is 2. The lowest BCUT2D eigenvalue weighted by Gasteiger charge is -2.11. The van der Waals surface area contributed by atoms with Crippen LogP contribution in [0.25, 0.3) is 0 Å². The van der Waals surface area contributed by atoms with Gasteiger partial charge in [-0.25, -0.2) is 0 Å². The van der Waals surface area contributed by atoms with Gasteiger partial charge in [0, 0.05) is 6.42 Å².